The summed E-state index contributed by atoms with van der Waals surface area (Å²) < 4.78 is 5.08. The number of halogens is 1. The average molecular weight is 470 g/mol. The van der Waals surface area contributed by atoms with Crippen molar-refractivity contribution in [2.24, 2.45) is 10.4 Å². The average Bonchev–Trinajstić information content (AvgIpc) is 2.56. The fraction of sp³-hybridized carbons (Fsp3) is 0.944. The van der Waals surface area contributed by atoms with Gasteiger partial charge < -0.3 is 25.4 Å². The van der Waals surface area contributed by atoms with Crippen LogP contribution in [0.2, 0.25) is 0 Å². The maximum Gasteiger partial charge on any atom is 0.191 e. The van der Waals surface area contributed by atoms with E-state index in [-0.39, 0.29) is 35.5 Å². The summed E-state index contributed by atoms with van der Waals surface area (Å²) in [4.78, 5) is 7.02. The van der Waals surface area contributed by atoms with E-state index >= 15 is 0 Å². The van der Waals surface area contributed by atoms with Gasteiger partial charge in [-0.05, 0) is 33.2 Å². The van der Waals surface area contributed by atoms with Crippen molar-refractivity contribution in [3.8, 4) is 0 Å². The van der Waals surface area contributed by atoms with Gasteiger partial charge in [0.1, 0.15) is 0 Å². The molecule has 0 aromatic rings. The van der Waals surface area contributed by atoms with E-state index in [4.69, 9.17) is 9.73 Å². The Morgan fingerprint density at radius 2 is 2.08 bits per heavy atom. The zero-order chi connectivity index (χ0) is 17.8. The third kappa shape index (κ3) is 9.96. The first kappa shape index (κ1) is 24.9. The molecule has 0 aromatic carbocycles. The summed E-state index contributed by atoms with van der Waals surface area (Å²) in [6.45, 7) is 9.42. The minimum Gasteiger partial charge on any atom is -0.392 e. The molecule has 1 saturated carbocycles. The molecule has 25 heavy (non-hydrogen) atoms. The maximum absolute atomic E-state index is 10.3. The number of likely N-dealkylation sites (N-methyl/N-ethyl adjacent to an activating group) is 1. The number of methoxy groups -OCH3 is 1. The van der Waals surface area contributed by atoms with Crippen LogP contribution in [0.15, 0.2) is 4.99 Å². The molecule has 0 aromatic heterocycles. The highest BCUT2D eigenvalue weighted by atomic mass is 127. The van der Waals surface area contributed by atoms with E-state index in [0.29, 0.717) is 6.54 Å². The Balaban J connectivity index is 0.00000576. The van der Waals surface area contributed by atoms with Crippen molar-refractivity contribution in [1.29, 1.82) is 0 Å². The van der Waals surface area contributed by atoms with Crippen LogP contribution in [0, 0.1) is 5.41 Å². The molecule has 0 amide bonds. The van der Waals surface area contributed by atoms with Gasteiger partial charge in [-0.25, -0.2) is 0 Å². The minimum absolute atomic E-state index is 0. The van der Waals surface area contributed by atoms with Gasteiger partial charge in [-0.1, -0.05) is 19.8 Å². The van der Waals surface area contributed by atoms with E-state index in [2.05, 4.69) is 36.4 Å². The van der Waals surface area contributed by atoms with Crippen molar-refractivity contribution < 1.29 is 9.84 Å². The summed E-state index contributed by atoms with van der Waals surface area (Å²) in [5, 5.41) is 17.0. The number of ether oxygens (including phenoxy) is 1. The van der Waals surface area contributed by atoms with Gasteiger partial charge in [-0.2, -0.15) is 0 Å². The normalized spacial score (nSPS) is 24.1. The molecule has 0 radical (unpaired) electrons. The summed E-state index contributed by atoms with van der Waals surface area (Å²) in [6.07, 6.45) is 5.11. The van der Waals surface area contributed by atoms with Crippen molar-refractivity contribution >= 4 is 29.9 Å². The second-order valence-electron chi connectivity index (χ2n) is 7.19. The fourth-order valence-corrected chi connectivity index (χ4v) is 3.12. The number of aliphatic hydroxyl groups excluding tert-OH is 1. The van der Waals surface area contributed by atoms with E-state index in [1.54, 1.807) is 7.11 Å². The zero-order valence-electron chi connectivity index (χ0n) is 16.5. The van der Waals surface area contributed by atoms with Crippen molar-refractivity contribution in [1.82, 2.24) is 15.5 Å². The van der Waals surface area contributed by atoms with Crippen molar-refractivity contribution in [2.45, 2.75) is 52.1 Å². The highest BCUT2D eigenvalue weighted by molar-refractivity contribution is 14.0. The lowest BCUT2D eigenvalue weighted by Crippen LogP contribution is -2.43. The maximum atomic E-state index is 10.3. The predicted molar refractivity (Wildman–Crippen MR) is 116 cm³/mol. The molecule has 0 bridgehead atoms. The third-order valence-electron chi connectivity index (χ3n) is 4.90. The van der Waals surface area contributed by atoms with Crippen LogP contribution in [0.1, 0.15) is 46.0 Å². The molecule has 0 aliphatic heterocycles. The number of rotatable bonds is 10. The van der Waals surface area contributed by atoms with E-state index < -0.39 is 0 Å². The molecule has 3 N–H and O–H groups in total. The van der Waals surface area contributed by atoms with Crippen LogP contribution >= 0.6 is 24.0 Å². The van der Waals surface area contributed by atoms with Gasteiger partial charge in [-0.15, -0.1) is 24.0 Å². The zero-order valence-corrected chi connectivity index (χ0v) is 18.8. The highest BCUT2D eigenvalue weighted by Gasteiger charge is 2.35. The molecule has 7 heteroatoms. The summed E-state index contributed by atoms with van der Waals surface area (Å²) in [5.74, 6) is 0.849. The third-order valence-corrected chi connectivity index (χ3v) is 4.90. The van der Waals surface area contributed by atoms with Crippen LogP contribution in [-0.2, 0) is 4.74 Å². The Kier molecular flexibility index (Phi) is 13.9. The summed E-state index contributed by atoms with van der Waals surface area (Å²) in [7, 11) is 3.87. The van der Waals surface area contributed by atoms with Crippen LogP contribution in [-0.4, -0.2) is 75.6 Å². The van der Waals surface area contributed by atoms with Crippen molar-refractivity contribution in [3.63, 3.8) is 0 Å². The minimum atomic E-state index is -0.232. The van der Waals surface area contributed by atoms with E-state index in [1.165, 1.54) is 6.42 Å². The quantitative estimate of drug-likeness (QED) is 0.198. The molecule has 1 fully saturated rings. The van der Waals surface area contributed by atoms with Gasteiger partial charge in [0.05, 0.1) is 12.6 Å². The van der Waals surface area contributed by atoms with E-state index in [0.717, 1.165) is 64.4 Å². The molecule has 2 atom stereocenters. The molecular weight excluding hydrogens is 431 g/mol. The molecule has 0 heterocycles. The number of guanidine groups is 1. The Morgan fingerprint density at radius 3 is 2.72 bits per heavy atom. The lowest BCUT2D eigenvalue weighted by molar-refractivity contribution is 0.00716. The van der Waals surface area contributed by atoms with Crippen molar-refractivity contribution in [3.05, 3.63) is 0 Å². The second-order valence-corrected chi connectivity index (χ2v) is 7.19. The predicted octanol–water partition coefficient (Wildman–Crippen LogP) is 2.07. The number of hydrogen-bond acceptors (Lipinski definition) is 4. The molecular formula is C18H39IN4O2. The number of hydrogen-bond donors (Lipinski definition) is 3. The molecule has 2 unspecified atom stereocenters. The number of aliphatic hydroxyl groups is 1. The molecule has 1 aliphatic rings. The molecule has 1 rings (SSSR count). The van der Waals surface area contributed by atoms with Crippen LogP contribution in [0.3, 0.4) is 0 Å². The number of aliphatic imine (C=N–C) groups is 1. The second kappa shape index (κ2) is 14.0. The molecule has 1 aliphatic carbocycles. The van der Waals surface area contributed by atoms with Gasteiger partial charge in [0.15, 0.2) is 5.96 Å². The standard InChI is InChI=1S/C18H38N4O2.HI/c1-5-19-17(20-11-13-22(3)12-8-14-24-4)21-15-18(2)10-7-6-9-16(18)23;/h16,23H,5-15H2,1-4H3,(H2,19,20,21);1H. The first-order valence-electron chi connectivity index (χ1n) is 9.39. The topological polar surface area (TPSA) is 69.1 Å². The molecule has 6 nitrogen and oxygen atoms in total. The van der Waals surface area contributed by atoms with Crippen LogP contribution < -0.4 is 10.6 Å². The van der Waals surface area contributed by atoms with Crippen molar-refractivity contribution in [2.75, 3.05) is 53.5 Å². The fourth-order valence-electron chi connectivity index (χ4n) is 3.12. The van der Waals surface area contributed by atoms with Gasteiger partial charge in [-0.3, -0.25) is 4.99 Å². The first-order chi connectivity index (χ1) is 11.5. The first-order valence-corrected chi connectivity index (χ1v) is 9.39. The van der Waals surface area contributed by atoms with Gasteiger partial charge in [0, 0.05) is 45.3 Å². The van der Waals surface area contributed by atoms with Crippen LogP contribution in [0.25, 0.3) is 0 Å². The molecule has 0 saturated heterocycles. The van der Waals surface area contributed by atoms with Gasteiger partial charge in [0.25, 0.3) is 0 Å². The van der Waals surface area contributed by atoms with Gasteiger partial charge in [0.2, 0.25) is 0 Å². The highest BCUT2D eigenvalue weighted by Crippen LogP contribution is 2.36. The Bertz CT molecular complexity index is 371. The van der Waals surface area contributed by atoms with Crippen LogP contribution in [0.5, 0.6) is 0 Å². The Morgan fingerprint density at radius 1 is 1.32 bits per heavy atom. The lowest BCUT2D eigenvalue weighted by Gasteiger charge is -2.37. The summed E-state index contributed by atoms with van der Waals surface area (Å²) in [5.41, 5.74) is -0.0858. The van der Waals surface area contributed by atoms with Gasteiger partial charge >= 0.3 is 0 Å². The van der Waals surface area contributed by atoms with E-state index in [1.807, 2.05) is 0 Å². The number of nitrogens with zero attached hydrogens (tertiary/aromatic N) is 2. The smallest absolute Gasteiger partial charge is 0.191 e. The summed E-state index contributed by atoms with van der Waals surface area (Å²) >= 11 is 0. The Hall–Kier alpha value is -0.120. The number of nitrogens with one attached hydrogen (secondary N) is 2. The molecule has 150 valence electrons. The monoisotopic (exact) mass is 470 g/mol. The SMILES string of the molecule is CCNC(=NCC1(C)CCCCC1O)NCCN(C)CCCOC.I. The van der Waals surface area contributed by atoms with Crippen LogP contribution in [0.4, 0.5) is 0 Å². The molecule has 0 spiro atoms. The Labute approximate surface area is 171 Å². The summed E-state index contributed by atoms with van der Waals surface area (Å²) in [6, 6.07) is 0. The van der Waals surface area contributed by atoms with E-state index in [9.17, 15) is 5.11 Å². The lowest BCUT2D eigenvalue weighted by atomic mass is 9.73. The largest absolute Gasteiger partial charge is 0.392 e.